The Hall–Kier alpha value is -1.26. The average molecular weight is 266 g/mol. The standard InChI is InChI=1S/C13H16ClN3O/c1-8(9-5-6-18-7-9)17-12-10(14)3-2-4-11(12)16-13(17)15/h2-4,8-9H,5-7H2,1H3,(H2,15,16). The molecule has 18 heavy (non-hydrogen) atoms. The van der Waals surface area contributed by atoms with Gasteiger partial charge in [0.05, 0.1) is 22.7 Å². The number of nitrogens with two attached hydrogens (primary N) is 1. The van der Waals surface area contributed by atoms with E-state index < -0.39 is 0 Å². The van der Waals surface area contributed by atoms with Crippen LogP contribution in [0.25, 0.3) is 11.0 Å². The fourth-order valence-corrected chi connectivity index (χ4v) is 2.94. The maximum Gasteiger partial charge on any atom is 0.201 e. The predicted octanol–water partition coefficient (Wildman–Crippen LogP) is 2.87. The first-order chi connectivity index (χ1) is 8.68. The number of nitrogen functional groups attached to an aromatic ring is 1. The van der Waals surface area contributed by atoms with Gasteiger partial charge in [-0.25, -0.2) is 4.98 Å². The molecule has 1 fully saturated rings. The Balaban J connectivity index is 2.12. The number of ether oxygens (including phenoxy) is 1. The first kappa shape index (κ1) is 11.8. The predicted molar refractivity (Wildman–Crippen MR) is 72.8 cm³/mol. The third-order valence-corrected chi connectivity index (χ3v) is 4.05. The molecule has 1 aliphatic heterocycles. The molecule has 1 aliphatic rings. The second kappa shape index (κ2) is 4.44. The molecule has 2 heterocycles. The molecule has 0 spiro atoms. The van der Waals surface area contributed by atoms with E-state index in [1.807, 2.05) is 22.8 Å². The van der Waals surface area contributed by atoms with Gasteiger partial charge in [-0.2, -0.15) is 0 Å². The van der Waals surface area contributed by atoms with Gasteiger partial charge in [0.15, 0.2) is 0 Å². The largest absolute Gasteiger partial charge is 0.381 e. The highest BCUT2D eigenvalue weighted by atomic mass is 35.5. The van der Waals surface area contributed by atoms with Crippen LogP contribution in [0.2, 0.25) is 5.02 Å². The highest BCUT2D eigenvalue weighted by Crippen LogP contribution is 2.34. The number of para-hydroxylation sites is 1. The lowest BCUT2D eigenvalue weighted by atomic mass is 10.0. The number of imidazole rings is 1. The first-order valence-electron chi connectivity index (χ1n) is 6.18. The van der Waals surface area contributed by atoms with Gasteiger partial charge in [-0.15, -0.1) is 0 Å². The minimum atomic E-state index is 0.248. The monoisotopic (exact) mass is 265 g/mol. The Labute approximate surface area is 111 Å². The zero-order valence-corrected chi connectivity index (χ0v) is 11.0. The lowest BCUT2D eigenvalue weighted by Crippen LogP contribution is -2.18. The summed E-state index contributed by atoms with van der Waals surface area (Å²) in [6.45, 7) is 3.76. The Morgan fingerprint density at radius 2 is 2.39 bits per heavy atom. The van der Waals surface area contributed by atoms with Crippen LogP contribution >= 0.6 is 11.6 Å². The minimum absolute atomic E-state index is 0.248. The molecule has 0 saturated carbocycles. The van der Waals surface area contributed by atoms with Crippen LogP contribution in [0.15, 0.2) is 18.2 Å². The van der Waals surface area contributed by atoms with E-state index in [1.165, 1.54) is 0 Å². The van der Waals surface area contributed by atoms with E-state index >= 15 is 0 Å². The number of halogens is 1. The third kappa shape index (κ3) is 1.76. The van der Waals surface area contributed by atoms with Crippen molar-refractivity contribution in [1.82, 2.24) is 9.55 Å². The summed E-state index contributed by atoms with van der Waals surface area (Å²) in [5, 5.41) is 0.697. The van der Waals surface area contributed by atoms with E-state index in [0.717, 1.165) is 30.7 Å². The van der Waals surface area contributed by atoms with Crippen LogP contribution in [-0.4, -0.2) is 22.8 Å². The van der Waals surface area contributed by atoms with Crippen molar-refractivity contribution >= 4 is 28.6 Å². The van der Waals surface area contributed by atoms with Crippen molar-refractivity contribution in [3.8, 4) is 0 Å². The van der Waals surface area contributed by atoms with Crippen LogP contribution in [0, 0.1) is 5.92 Å². The van der Waals surface area contributed by atoms with Gasteiger partial charge in [0.2, 0.25) is 5.95 Å². The molecule has 1 saturated heterocycles. The summed E-state index contributed by atoms with van der Waals surface area (Å²) in [4.78, 5) is 4.38. The molecule has 2 aromatic rings. The van der Waals surface area contributed by atoms with Crippen molar-refractivity contribution in [2.45, 2.75) is 19.4 Å². The zero-order chi connectivity index (χ0) is 12.7. The zero-order valence-electron chi connectivity index (χ0n) is 10.3. The van der Waals surface area contributed by atoms with Gasteiger partial charge >= 0.3 is 0 Å². The van der Waals surface area contributed by atoms with Crippen molar-refractivity contribution in [3.63, 3.8) is 0 Å². The number of aromatic nitrogens is 2. The Kier molecular flexibility index (Phi) is 2.92. The van der Waals surface area contributed by atoms with Gasteiger partial charge in [-0.3, -0.25) is 0 Å². The molecule has 2 N–H and O–H groups in total. The summed E-state index contributed by atoms with van der Waals surface area (Å²) >= 11 is 6.28. The molecular weight excluding hydrogens is 250 g/mol. The Bertz CT molecular complexity index is 575. The van der Waals surface area contributed by atoms with E-state index in [0.29, 0.717) is 16.9 Å². The fraction of sp³-hybridized carbons (Fsp3) is 0.462. The Morgan fingerprint density at radius 3 is 3.11 bits per heavy atom. The molecule has 4 nitrogen and oxygen atoms in total. The van der Waals surface area contributed by atoms with Crippen molar-refractivity contribution in [3.05, 3.63) is 23.2 Å². The lowest BCUT2D eigenvalue weighted by Gasteiger charge is -2.21. The van der Waals surface area contributed by atoms with Gasteiger partial charge in [0, 0.05) is 18.6 Å². The maximum absolute atomic E-state index is 6.28. The second-order valence-corrected chi connectivity index (χ2v) is 5.22. The van der Waals surface area contributed by atoms with Crippen LogP contribution in [-0.2, 0) is 4.74 Å². The average Bonchev–Trinajstić information content (AvgIpc) is 2.95. The molecule has 1 aromatic heterocycles. The van der Waals surface area contributed by atoms with Crippen LogP contribution in [0.4, 0.5) is 5.95 Å². The number of benzene rings is 1. The van der Waals surface area contributed by atoms with E-state index in [1.54, 1.807) is 0 Å². The molecule has 0 amide bonds. The van der Waals surface area contributed by atoms with Gasteiger partial charge in [-0.05, 0) is 25.5 Å². The molecule has 2 unspecified atom stereocenters. The molecular formula is C13H16ClN3O. The first-order valence-corrected chi connectivity index (χ1v) is 6.56. The summed E-state index contributed by atoms with van der Waals surface area (Å²) in [6.07, 6.45) is 1.06. The van der Waals surface area contributed by atoms with Crippen molar-refractivity contribution in [2.24, 2.45) is 5.92 Å². The topological polar surface area (TPSA) is 53.1 Å². The van der Waals surface area contributed by atoms with E-state index in [2.05, 4.69) is 11.9 Å². The van der Waals surface area contributed by atoms with Gasteiger partial charge < -0.3 is 15.0 Å². The third-order valence-electron chi connectivity index (χ3n) is 3.74. The Morgan fingerprint density at radius 1 is 1.56 bits per heavy atom. The summed E-state index contributed by atoms with van der Waals surface area (Å²) in [7, 11) is 0. The van der Waals surface area contributed by atoms with Crippen molar-refractivity contribution < 1.29 is 4.74 Å². The smallest absolute Gasteiger partial charge is 0.201 e. The molecule has 3 rings (SSSR count). The van der Waals surface area contributed by atoms with E-state index in [4.69, 9.17) is 22.1 Å². The molecule has 1 aromatic carbocycles. The SMILES string of the molecule is CC(C1CCOC1)n1c(N)nc2cccc(Cl)c21. The van der Waals surface area contributed by atoms with Gasteiger partial charge in [0.1, 0.15) is 0 Å². The number of anilines is 1. The fourth-order valence-electron chi connectivity index (χ4n) is 2.68. The summed E-state index contributed by atoms with van der Waals surface area (Å²) in [6, 6.07) is 5.95. The van der Waals surface area contributed by atoms with Crippen LogP contribution in [0.3, 0.4) is 0 Å². The van der Waals surface area contributed by atoms with Crippen LogP contribution < -0.4 is 5.73 Å². The second-order valence-electron chi connectivity index (χ2n) is 4.81. The quantitative estimate of drug-likeness (QED) is 0.908. The highest BCUT2D eigenvalue weighted by Gasteiger charge is 2.26. The van der Waals surface area contributed by atoms with Gasteiger partial charge in [-0.1, -0.05) is 17.7 Å². The van der Waals surface area contributed by atoms with Crippen molar-refractivity contribution in [1.29, 1.82) is 0 Å². The van der Waals surface area contributed by atoms with E-state index in [-0.39, 0.29) is 6.04 Å². The molecule has 2 atom stereocenters. The summed E-state index contributed by atoms with van der Waals surface area (Å²) < 4.78 is 7.49. The van der Waals surface area contributed by atoms with E-state index in [9.17, 15) is 0 Å². The lowest BCUT2D eigenvalue weighted by molar-refractivity contribution is 0.176. The molecule has 96 valence electrons. The normalized spacial score (nSPS) is 21.6. The number of fused-ring (bicyclic) bond motifs is 1. The molecule has 0 bridgehead atoms. The molecule has 0 aliphatic carbocycles. The summed E-state index contributed by atoms with van der Waals surface area (Å²) in [5.74, 6) is 0.999. The maximum atomic E-state index is 6.28. The van der Waals surface area contributed by atoms with Gasteiger partial charge in [0.25, 0.3) is 0 Å². The van der Waals surface area contributed by atoms with Crippen LogP contribution in [0.5, 0.6) is 0 Å². The minimum Gasteiger partial charge on any atom is -0.381 e. The molecule has 5 heteroatoms. The van der Waals surface area contributed by atoms with Crippen LogP contribution in [0.1, 0.15) is 19.4 Å². The number of hydrogen-bond donors (Lipinski definition) is 1. The number of rotatable bonds is 2. The number of nitrogens with zero attached hydrogens (tertiary/aromatic N) is 2. The summed E-state index contributed by atoms with van der Waals surface area (Å²) in [5.41, 5.74) is 7.82. The molecule has 0 radical (unpaired) electrons. The number of hydrogen-bond acceptors (Lipinski definition) is 3. The van der Waals surface area contributed by atoms with Crippen molar-refractivity contribution in [2.75, 3.05) is 18.9 Å². The highest BCUT2D eigenvalue weighted by molar-refractivity contribution is 6.35.